The van der Waals surface area contributed by atoms with Crippen LogP contribution in [0, 0.1) is 0 Å². The van der Waals surface area contributed by atoms with Crippen molar-refractivity contribution in [1.82, 2.24) is 4.90 Å². The third kappa shape index (κ3) is 28.0. The molecule has 0 spiro atoms. The molecule has 0 aliphatic carbocycles. The second kappa shape index (κ2) is 27.7. The summed E-state index contributed by atoms with van der Waals surface area (Å²) in [5, 5.41) is 0. The first kappa shape index (κ1) is 39.8. The molecular formula is C33H61NO8. The van der Waals surface area contributed by atoms with Gasteiger partial charge in [-0.3, -0.25) is 24.1 Å². The van der Waals surface area contributed by atoms with E-state index < -0.39 is 36.1 Å². The van der Waals surface area contributed by atoms with Gasteiger partial charge < -0.3 is 18.9 Å². The summed E-state index contributed by atoms with van der Waals surface area (Å²) in [5.41, 5.74) is 0. The lowest BCUT2D eigenvalue weighted by Crippen LogP contribution is -2.44. The fourth-order valence-corrected chi connectivity index (χ4v) is 5.03. The zero-order valence-electron chi connectivity index (χ0n) is 27.4. The molecule has 0 saturated carbocycles. The number of rotatable bonds is 28. The molecule has 0 fully saturated rings. The summed E-state index contributed by atoms with van der Waals surface area (Å²) < 4.78 is 20.9. The van der Waals surface area contributed by atoms with Crippen molar-refractivity contribution in [3.63, 3.8) is 0 Å². The zero-order valence-corrected chi connectivity index (χ0v) is 27.4. The van der Waals surface area contributed by atoms with E-state index >= 15 is 0 Å². The maximum atomic E-state index is 11.6. The van der Waals surface area contributed by atoms with Crippen LogP contribution in [0.2, 0.25) is 0 Å². The monoisotopic (exact) mass is 599 g/mol. The van der Waals surface area contributed by atoms with Crippen molar-refractivity contribution in [2.45, 2.75) is 156 Å². The lowest BCUT2D eigenvalue weighted by atomic mass is 10.0. The van der Waals surface area contributed by atoms with Crippen LogP contribution in [0.25, 0.3) is 0 Å². The lowest BCUT2D eigenvalue weighted by molar-refractivity contribution is -0.160. The molecule has 0 aromatic carbocycles. The molecule has 0 amide bonds. The van der Waals surface area contributed by atoms with Crippen LogP contribution in [0.4, 0.5) is 0 Å². The second-order valence-electron chi connectivity index (χ2n) is 11.5. The third-order valence-corrected chi connectivity index (χ3v) is 7.11. The van der Waals surface area contributed by atoms with Crippen molar-refractivity contribution in [1.29, 1.82) is 0 Å². The Kier molecular flexibility index (Phi) is 26.2. The van der Waals surface area contributed by atoms with Crippen molar-refractivity contribution in [3.05, 3.63) is 0 Å². The van der Waals surface area contributed by atoms with Gasteiger partial charge in [0.2, 0.25) is 0 Å². The van der Waals surface area contributed by atoms with Gasteiger partial charge in [-0.05, 0) is 13.0 Å². The Bertz CT molecular complexity index is 674. The van der Waals surface area contributed by atoms with Gasteiger partial charge in [0.25, 0.3) is 0 Å². The summed E-state index contributed by atoms with van der Waals surface area (Å²) in [6, 6.07) is 0. The number of ether oxygens (including phenoxy) is 4. The quantitative estimate of drug-likeness (QED) is 0.0537. The van der Waals surface area contributed by atoms with E-state index in [2.05, 4.69) is 6.92 Å². The van der Waals surface area contributed by atoms with Crippen molar-refractivity contribution >= 4 is 23.9 Å². The molecule has 0 aliphatic rings. The van der Waals surface area contributed by atoms with E-state index in [1.54, 1.807) is 0 Å². The molecule has 42 heavy (non-hydrogen) atoms. The first-order valence-corrected chi connectivity index (χ1v) is 16.5. The van der Waals surface area contributed by atoms with Crippen LogP contribution in [0.1, 0.15) is 144 Å². The van der Waals surface area contributed by atoms with Crippen molar-refractivity contribution < 1.29 is 38.1 Å². The molecular weight excluding hydrogens is 538 g/mol. The van der Waals surface area contributed by atoms with E-state index in [4.69, 9.17) is 18.9 Å². The predicted molar refractivity (Wildman–Crippen MR) is 165 cm³/mol. The summed E-state index contributed by atoms with van der Waals surface area (Å²) in [4.78, 5) is 48.0. The molecule has 9 heteroatoms. The molecule has 0 aliphatic heterocycles. The maximum absolute atomic E-state index is 11.6. The molecule has 0 aromatic rings. The molecule has 0 heterocycles. The minimum atomic E-state index is -0.663. The summed E-state index contributed by atoms with van der Waals surface area (Å²) in [7, 11) is 0. The van der Waals surface area contributed by atoms with Gasteiger partial charge in [0.05, 0.1) is 0 Å². The van der Waals surface area contributed by atoms with E-state index in [-0.39, 0.29) is 13.2 Å². The Morgan fingerprint density at radius 3 is 1.07 bits per heavy atom. The van der Waals surface area contributed by atoms with Crippen LogP contribution in [-0.2, 0) is 38.1 Å². The fraction of sp³-hybridized carbons (Fsp3) is 0.879. The van der Waals surface area contributed by atoms with Gasteiger partial charge >= 0.3 is 23.9 Å². The molecule has 0 bridgehead atoms. The molecule has 246 valence electrons. The molecule has 0 aromatic heterocycles. The Morgan fingerprint density at radius 1 is 0.476 bits per heavy atom. The highest BCUT2D eigenvalue weighted by Crippen LogP contribution is 2.15. The maximum Gasteiger partial charge on any atom is 0.303 e. The Balaban J connectivity index is 4.46. The van der Waals surface area contributed by atoms with Crippen LogP contribution in [-0.4, -0.2) is 73.8 Å². The van der Waals surface area contributed by atoms with E-state index in [1.165, 1.54) is 118 Å². The summed E-state index contributed by atoms with van der Waals surface area (Å²) in [5.74, 6) is -1.86. The topological polar surface area (TPSA) is 108 Å². The summed E-state index contributed by atoms with van der Waals surface area (Å²) in [6.45, 7) is 8.63. The zero-order chi connectivity index (χ0) is 31.4. The third-order valence-electron chi connectivity index (χ3n) is 7.11. The molecule has 2 unspecified atom stereocenters. The second-order valence-corrected chi connectivity index (χ2v) is 11.5. The molecule has 2 atom stereocenters. The van der Waals surface area contributed by atoms with Gasteiger partial charge in [0.15, 0.2) is 0 Å². The minimum absolute atomic E-state index is 0.0629. The van der Waals surface area contributed by atoms with Crippen LogP contribution in [0.15, 0.2) is 0 Å². The normalized spacial score (nSPS) is 12.5. The average Bonchev–Trinajstić information content (AvgIpc) is 2.91. The van der Waals surface area contributed by atoms with Crippen LogP contribution < -0.4 is 0 Å². The first-order chi connectivity index (χ1) is 20.1. The van der Waals surface area contributed by atoms with Gasteiger partial charge in [0.1, 0.15) is 25.4 Å². The SMILES string of the molecule is CCCCCCCCCCCCCCCCCCCN(CC(COC(C)=O)OC(C)=O)CC(COC(C)=O)OC(C)=O. The number of carbonyl (C=O) groups excluding carboxylic acids is 4. The standard InChI is InChI=1S/C33H61NO8/c1-6-7-8-9-10-11-12-13-14-15-16-17-18-19-20-21-22-23-34(24-32(41-30(4)37)26-39-28(2)35)25-33(42-31(5)38)27-40-29(3)36/h32-33H,6-27H2,1-5H3. The highest BCUT2D eigenvalue weighted by atomic mass is 16.6. The first-order valence-electron chi connectivity index (χ1n) is 16.5. The van der Waals surface area contributed by atoms with Gasteiger partial charge in [-0.25, -0.2) is 0 Å². The van der Waals surface area contributed by atoms with Gasteiger partial charge in [-0.15, -0.1) is 0 Å². The number of hydrogen-bond donors (Lipinski definition) is 0. The molecule has 0 rings (SSSR count). The molecule has 0 radical (unpaired) electrons. The van der Waals surface area contributed by atoms with Crippen molar-refractivity contribution in [2.24, 2.45) is 0 Å². The fourth-order valence-electron chi connectivity index (χ4n) is 5.03. The highest BCUT2D eigenvalue weighted by molar-refractivity contribution is 5.67. The van der Waals surface area contributed by atoms with Gasteiger partial charge in [-0.2, -0.15) is 0 Å². The van der Waals surface area contributed by atoms with E-state index in [1.807, 2.05) is 4.90 Å². The number of carbonyl (C=O) groups is 4. The van der Waals surface area contributed by atoms with Crippen molar-refractivity contribution in [2.75, 3.05) is 32.8 Å². The summed E-state index contributed by atoms with van der Waals surface area (Å²) in [6.07, 6.45) is 20.7. The van der Waals surface area contributed by atoms with E-state index in [0.717, 1.165) is 19.3 Å². The van der Waals surface area contributed by atoms with Gasteiger partial charge in [0, 0.05) is 40.8 Å². The van der Waals surface area contributed by atoms with Crippen LogP contribution >= 0.6 is 0 Å². The van der Waals surface area contributed by atoms with Crippen molar-refractivity contribution in [3.8, 4) is 0 Å². The van der Waals surface area contributed by atoms with E-state index in [9.17, 15) is 19.2 Å². The Morgan fingerprint density at radius 2 is 0.786 bits per heavy atom. The molecule has 0 saturated heterocycles. The van der Waals surface area contributed by atoms with E-state index in [0.29, 0.717) is 19.6 Å². The lowest BCUT2D eigenvalue weighted by Gasteiger charge is -2.30. The van der Waals surface area contributed by atoms with Gasteiger partial charge in [-0.1, -0.05) is 110 Å². The highest BCUT2D eigenvalue weighted by Gasteiger charge is 2.23. The largest absolute Gasteiger partial charge is 0.462 e. The number of esters is 4. The number of hydrogen-bond acceptors (Lipinski definition) is 9. The summed E-state index contributed by atoms with van der Waals surface area (Å²) >= 11 is 0. The average molecular weight is 600 g/mol. The Hall–Kier alpha value is -2.16. The van der Waals surface area contributed by atoms with Crippen LogP contribution in [0.3, 0.4) is 0 Å². The number of nitrogens with zero attached hydrogens (tertiary/aromatic N) is 1. The van der Waals surface area contributed by atoms with Crippen LogP contribution in [0.5, 0.6) is 0 Å². The Labute approximate surface area is 255 Å². The molecule has 9 nitrogen and oxygen atoms in total. The smallest absolute Gasteiger partial charge is 0.303 e. The molecule has 0 N–H and O–H groups in total. The predicted octanol–water partition coefficient (Wildman–Crippen LogP) is 6.93. The number of unbranched alkanes of at least 4 members (excludes halogenated alkanes) is 16. The minimum Gasteiger partial charge on any atom is -0.462 e.